The number of carbonyl (C=O) groups is 3. The molecule has 26 heavy (non-hydrogen) atoms. The molecule has 0 spiro atoms. The summed E-state index contributed by atoms with van der Waals surface area (Å²) in [7, 11) is 0. The van der Waals surface area contributed by atoms with Gasteiger partial charge in [0, 0.05) is 15.7 Å². The summed E-state index contributed by atoms with van der Waals surface area (Å²) in [5.41, 5.74) is -0.549. The summed E-state index contributed by atoms with van der Waals surface area (Å²) in [6.07, 6.45) is 4.59. The van der Waals surface area contributed by atoms with Gasteiger partial charge in [0.15, 0.2) is 0 Å². The summed E-state index contributed by atoms with van der Waals surface area (Å²) in [6, 6.07) is 4.07. The highest BCUT2D eigenvalue weighted by atomic mass is 35.5. The summed E-state index contributed by atoms with van der Waals surface area (Å²) in [6.45, 7) is 3.45. The molecule has 1 aromatic rings. The Morgan fingerprint density at radius 3 is 2.42 bits per heavy atom. The van der Waals surface area contributed by atoms with Crippen LogP contribution < -0.4 is 10.6 Å². The van der Waals surface area contributed by atoms with E-state index in [9.17, 15) is 14.4 Å². The molecule has 0 saturated carbocycles. The van der Waals surface area contributed by atoms with Gasteiger partial charge in [0.05, 0.1) is 0 Å². The second-order valence-electron chi connectivity index (χ2n) is 6.67. The fourth-order valence-electron chi connectivity index (χ4n) is 2.94. The molecule has 4 amide bonds. The maximum atomic E-state index is 12.6. The van der Waals surface area contributed by atoms with Crippen molar-refractivity contribution in [1.29, 1.82) is 0 Å². The minimum Gasteiger partial charge on any atom is -0.324 e. The van der Waals surface area contributed by atoms with Gasteiger partial charge < -0.3 is 10.6 Å². The van der Waals surface area contributed by atoms with Crippen LogP contribution in [0.15, 0.2) is 18.2 Å². The van der Waals surface area contributed by atoms with Gasteiger partial charge in [0.25, 0.3) is 5.91 Å². The first-order valence-electron chi connectivity index (χ1n) is 8.65. The number of imide groups is 1. The van der Waals surface area contributed by atoms with Crippen molar-refractivity contribution < 1.29 is 14.4 Å². The molecule has 0 aliphatic carbocycles. The normalized spacial score (nSPS) is 19.6. The van der Waals surface area contributed by atoms with E-state index in [-0.39, 0.29) is 12.5 Å². The molecule has 142 valence electrons. The van der Waals surface area contributed by atoms with Crippen LogP contribution in [0.1, 0.15) is 46.0 Å². The van der Waals surface area contributed by atoms with E-state index in [0.717, 1.165) is 30.6 Å². The van der Waals surface area contributed by atoms with Gasteiger partial charge in [0.2, 0.25) is 5.91 Å². The Bertz CT molecular complexity index is 691. The van der Waals surface area contributed by atoms with Crippen molar-refractivity contribution in [1.82, 2.24) is 10.2 Å². The number of hydrogen-bond acceptors (Lipinski definition) is 3. The number of nitrogens with one attached hydrogen (secondary N) is 2. The van der Waals surface area contributed by atoms with Crippen molar-refractivity contribution in [3.63, 3.8) is 0 Å². The average molecular weight is 400 g/mol. The third kappa shape index (κ3) is 5.11. The average Bonchev–Trinajstić information content (AvgIpc) is 2.74. The van der Waals surface area contributed by atoms with Crippen LogP contribution in [0.3, 0.4) is 0 Å². The maximum Gasteiger partial charge on any atom is 0.325 e. The Morgan fingerprint density at radius 2 is 1.81 bits per heavy atom. The summed E-state index contributed by atoms with van der Waals surface area (Å²) >= 11 is 11.8. The van der Waals surface area contributed by atoms with Crippen molar-refractivity contribution in [2.24, 2.45) is 0 Å². The Labute approximate surface area is 163 Å². The smallest absolute Gasteiger partial charge is 0.324 e. The van der Waals surface area contributed by atoms with Gasteiger partial charge in [-0.05, 0) is 31.5 Å². The fraction of sp³-hybridized carbons (Fsp3) is 0.500. The van der Waals surface area contributed by atoms with E-state index in [2.05, 4.69) is 17.6 Å². The van der Waals surface area contributed by atoms with E-state index in [1.54, 1.807) is 13.0 Å². The Morgan fingerprint density at radius 1 is 1.15 bits per heavy atom. The van der Waals surface area contributed by atoms with Gasteiger partial charge >= 0.3 is 6.03 Å². The lowest BCUT2D eigenvalue weighted by Crippen LogP contribution is -2.44. The number of benzene rings is 1. The van der Waals surface area contributed by atoms with Crippen molar-refractivity contribution in [2.75, 3.05) is 11.9 Å². The predicted molar refractivity (Wildman–Crippen MR) is 103 cm³/mol. The summed E-state index contributed by atoms with van der Waals surface area (Å²) < 4.78 is 0. The monoisotopic (exact) mass is 399 g/mol. The number of hydrogen-bond donors (Lipinski definition) is 2. The number of nitrogens with zero attached hydrogens (tertiary/aromatic N) is 1. The van der Waals surface area contributed by atoms with Crippen molar-refractivity contribution in [2.45, 2.75) is 51.5 Å². The highest BCUT2D eigenvalue weighted by molar-refractivity contribution is 6.35. The van der Waals surface area contributed by atoms with E-state index in [4.69, 9.17) is 23.2 Å². The van der Waals surface area contributed by atoms with Crippen molar-refractivity contribution in [3.05, 3.63) is 28.2 Å². The van der Waals surface area contributed by atoms with Gasteiger partial charge in [0.1, 0.15) is 12.1 Å². The lowest BCUT2D eigenvalue weighted by atomic mass is 9.94. The van der Waals surface area contributed by atoms with Crippen LogP contribution in [0.25, 0.3) is 0 Å². The Balaban J connectivity index is 1.96. The molecule has 2 N–H and O–H groups in total. The fourth-order valence-corrected chi connectivity index (χ4v) is 3.46. The first-order valence-corrected chi connectivity index (χ1v) is 9.41. The van der Waals surface area contributed by atoms with Gasteiger partial charge in [-0.3, -0.25) is 14.5 Å². The highest BCUT2D eigenvalue weighted by Crippen LogP contribution is 2.25. The van der Waals surface area contributed by atoms with Crippen molar-refractivity contribution in [3.8, 4) is 0 Å². The van der Waals surface area contributed by atoms with Gasteiger partial charge in [-0.15, -0.1) is 0 Å². The second-order valence-corrected chi connectivity index (χ2v) is 7.54. The lowest BCUT2D eigenvalue weighted by molar-refractivity contribution is -0.133. The lowest BCUT2D eigenvalue weighted by Gasteiger charge is -2.21. The van der Waals surface area contributed by atoms with Gasteiger partial charge in [-0.25, -0.2) is 4.79 Å². The maximum absolute atomic E-state index is 12.6. The Kier molecular flexibility index (Phi) is 6.89. The van der Waals surface area contributed by atoms with E-state index in [0.29, 0.717) is 22.2 Å². The number of rotatable bonds is 8. The van der Waals surface area contributed by atoms with E-state index in [1.165, 1.54) is 12.1 Å². The third-order valence-electron chi connectivity index (χ3n) is 4.32. The molecule has 0 aromatic heterocycles. The SMILES string of the molecule is CCCCCCC1(C)NC(=O)N(CC(=O)Nc2cc(Cl)cc(Cl)c2)C1=O. The van der Waals surface area contributed by atoms with Crippen LogP contribution in [-0.4, -0.2) is 34.8 Å². The number of urea groups is 1. The van der Waals surface area contributed by atoms with Crippen LogP contribution in [0.4, 0.5) is 10.5 Å². The predicted octanol–water partition coefficient (Wildman–Crippen LogP) is 4.21. The first-order chi connectivity index (χ1) is 12.2. The molecule has 1 fully saturated rings. The number of anilines is 1. The van der Waals surface area contributed by atoms with Crippen LogP contribution in [0, 0.1) is 0 Å². The number of amides is 4. The summed E-state index contributed by atoms with van der Waals surface area (Å²) in [5, 5.41) is 6.06. The zero-order chi connectivity index (χ0) is 19.3. The molecule has 0 radical (unpaired) electrons. The zero-order valence-corrected chi connectivity index (χ0v) is 16.4. The standard InChI is InChI=1S/C18H23Cl2N3O3/c1-3-4-5-6-7-18(2)16(25)23(17(26)22-18)11-15(24)21-14-9-12(19)8-13(20)10-14/h8-10H,3-7,11H2,1-2H3,(H,21,24)(H,22,26). The number of halogens is 2. The molecule has 1 heterocycles. The summed E-state index contributed by atoms with van der Waals surface area (Å²) in [4.78, 5) is 37.9. The highest BCUT2D eigenvalue weighted by Gasteiger charge is 2.47. The van der Waals surface area contributed by atoms with Gasteiger partial charge in [-0.2, -0.15) is 0 Å². The van der Waals surface area contributed by atoms with Crippen LogP contribution >= 0.6 is 23.2 Å². The van der Waals surface area contributed by atoms with E-state index >= 15 is 0 Å². The van der Waals surface area contributed by atoms with Gasteiger partial charge in [-0.1, -0.05) is 55.8 Å². The molecule has 0 bridgehead atoms. The molecule has 1 aliphatic rings. The minimum atomic E-state index is -0.954. The first kappa shape index (κ1) is 20.5. The van der Waals surface area contributed by atoms with Crippen molar-refractivity contribution >= 4 is 46.7 Å². The topological polar surface area (TPSA) is 78.5 Å². The largest absolute Gasteiger partial charge is 0.325 e. The van der Waals surface area contributed by atoms with E-state index in [1.807, 2.05) is 0 Å². The molecular weight excluding hydrogens is 377 g/mol. The molecular formula is C18H23Cl2N3O3. The molecule has 2 rings (SSSR count). The number of unbranched alkanes of at least 4 members (excludes halogenated alkanes) is 3. The van der Waals surface area contributed by atoms with Crippen LogP contribution in [-0.2, 0) is 9.59 Å². The number of carbonyl (C=O) groups excluding carboxylic acids is 3. The molecule has 1 unspecified atom stereocenters. The molecule has 6 nitrogen and oxygen atoms in total. The summed E-state index contributed by atoms with van der Waals surface area (Å²) in [5.74, 6) is -0.875. The third-order valence-corrected chi connectivity index (χ3v) is 4.76. The second kappa shape index (κ2) is 8.73. The zero-order valence-electron chi connectivity index (χ0n) is 14.9. The quantitative estimate of drug-likeness (QED) is 0.507. The minimum absolute atomic E-state index is 0.362. The van der Waals surface area contributed by atoms with Crippen LogP contribution in [0.2, 0.25) is 10.0 Å². The molecule has 1 aliphatic heterocycles. The molecule has 8 heteroatoms. The molecule has 1 aromatic carbocycles. The molecule has 1 atom stereocenters. The van der Waals surface area contributed by atoms with Crippen LogP contribution in [0.5, 0.6) is 0 Å². The molecule has 1 saturated heterocycles. The Hall–Kier alpha value is -1.79. The van der Waals surface area contributed by atoms with E-state index < -0.39 is 17.5 Å².